The van der Waals surface area contributed by atoms with Crippen molar-refractivity contribution in [1.82, 2.24) is 15.2 Å². The lowest BCUT2D eigenvalue weighted by Crippen LogP contribution is -2.47. The Hall–Kier alpha value is -2.79. The molecule has 1 fully saturated rings. The number of aryl methyl sites for hydroxylation is 1. The van der Waals surface area contributed by atoms with Crippen LogP contribution in [0.15, 0.2) is 76.5 Å². The monoisotopic (exact) mass is 473 g/mol. The van der Waals surface area contributed by atoms with Crippen molar-refractivity contribution in [2.75, 3.05) is 6.54 Å². The third kappa shape index (κ3) is 6.11. The summed E-state index contributed by atoms with van der Waals surface area (Å²) < 4.78 is 24.7. The summed E-state index contributed by atoms with van der Waals surface area (Å²) in [5.74, 6) is -1.13. The summed E-state index contributed by atoms with van der Waals surface area (Å²) in [5, 5.41) is 0. The van der Waals surface area contributed by atoms with Crippen LogP contribution in [0.25, 0.3) is 6.08 Å². The predicted molar refractivity (Wildman–Crippen MR) is 125 cm³/mol. The Kier molecular flexibility index (Phi) is 7.39. The molecule has 0 atom stereocenters. The van der Waals surface area contributed by atoms with Crippen molar-refractivity contribution in [2.24, 2.45) is 0 Å². The van der Waals surface area contributed by atoms with Crippen LogP contribution in [-0.2, 0) is 19.6 Å². The molecule has 0 bridgehead atoms. The molecule has 2 N–H and O–H groups in total. The fourth-order valence-corrected chi connectivity index (χ4v) is 4.61. The molecule has 31 heavy (non-hydrogen) atoms. The lowest BCUT2D eigenvalue weighted by molar-refractivity contribution is -0.129. The zero-order valence-corrected chi connectivity index (χ0v) is 18.9. The number of benzene rings is 2. The standard InChI is InChI=1S/C21H19N3O4S3/c1-15-10-12-17(13-11-15)31(27,28)23-22-19(25)14-24-20(26)18(30-21(24)29)9-5-8-16-6-3-2-4-7-16/h2-13,23H,14H2,1H3,(H,22,25)/b8-5+,18-9-. The first-order valence-corrected chi connectivity index (χ1v) is 11.8. The number of amides is 2. The van der Waals surface area contributed by atoms with Gasteiger partial charge in [0.25, 0.3) is 21.8 Å². The fourth-order valence-electron chi connectivity index (χ4n) is 2.54. The first-order valence-electron chi connectivity index (χ1n) is 9.11. The molecule has 2 aromatic carbocycles. The molecule has 0 unspecified atom stereocenters. The molecule has 0 radical (unpaired) electrons. The molecule has 1 aliphatic heterocycles. The van der Waals surface area contributed by atoms with E-state index in [1.165, 1.54) is 12.1 Å². The van der Waals surface area contributed by atoms with Crippen LogP contribution >= 0.6 is 24.0 Å². The minimum absolute atomic E-state index is 0.0112. The van der Waals surface area contributed by atoms with Crippen molar-refractivity contribution >= 4 is 56.2 Å². The van der Waals surface area contributed by atoms with E-state index in [9.17, 15) is 18.0 Å². The van der Waals surface area contributed by atoms with Crippen molar-refractivity contribution in [2.45, 2.75) is 11.8 Å². The number of hydrogen-bond donors (Lipinski definition) is 2. The highest BCUT2D eigenvalue weighted by Crippen LogP contribution is 2.30. The number of sulfonamides is 1. The van der Waals surface area contributed by atoms with Gasteiger partial charge in [-0.2, -0.15) is 0 Å². The summed E-state index contributed by atoms with van der Waals surface area (Å²) in [7, 11) is -3.93. The Morgan fingerprint density at radius 1 is 1.13 bits per heavy atom. The molecule has 10 heteroatoms. The van der Waals surface area contributed by atoms with Crippen LogP contribution in [0.2, 0.25) is 0 Å². The van der Waals surface area contributed by atoms with Gasteiger partial charge in [-0.3, -0.25) is 19.9 Å². The van der Waals surface area contributed by atoms with Crippen molar-refractivity contribution < 1.29 is 18.0 Å². The summed E-state index contributed by atoms with van der Waals surface area (Å²) >= 11 is 6.27. The molecule has 160 valence electrons. The van der Waals surface area contributed by atoms with Crippen LogP contribution in [0, 0.1) is 6.92 Å². The first-order chi connectivity index (χ1) is 14.8. The average molecular weight is 474 g/mol. The summed E-state index contributed by atoms with van der Waals surface area (Å²) in [6, 6.07) is 15.7. The van der Waals surface area contributed by atoms with Gasteiger partial charge < -0.3 is 0 Å². The van der Waals surface area contributed by atoms with Gasteiger partial charge in [0.2, 0.25) is 0 Å². The smallest absolute Gasteiger partial charge is 0.266 e. The molecule has 0 spiro atoms. The number of nitrogens with one attached hydrogen (secondary N) is 2. The number of allylic oxidation sites excluding steroid dienone is 2. The Bertz CT molecular complexity index is 1160. The van der Waals surface area contributed by atoms with Crippen molar-refractivity contribution in [1.29, 1.82) is 0 Å². The number of hydrazine groups is 1. The van der Waals surface area contributed by atoms with Gasteiger partial charge in [-0.25, -0.2) is 8.42 Å². The van der Waals surface area contributed by atoms with Gasteiger partial charge in [-0.05, 0) is 30.7 Å². The van der Waals surface area contributed by atoms with Gasteiger partial charge in [-0.1, -0.05) is 84.2 Å². The summed E-state index contributed by atoms with van der Waals surface area (Å²) in [6.07, 6.45) is 5.21. The normalized spacial score (nSPS) is 15.8. The van der Waals surface area contributed by atoms with Crippen molar-refractivity contribution in [3.05, 3.63) is 82.8 Å². The van der Waals surface area contributed by atoms with Crippen LogP contribution in [0.4, 0.5) is 0 Å². The highest BCUT2D eigenvalue weighted by atomic mass is 32.2. The van der Waals surface area contributed by atoms with Crippen LogP contribution in [0.5, 0.6) is 0 Å². The van der Waals surface area contributed by atoms with E-state index in [4.69, 9.17) is 12.2 Å². The molecule has 3 rings (SSSR count). The van der Waals surface area contributed by atoms with E-state index < -0.39 is 28.4 Å². The maximum Gasteiger partial charge on any atom is 0.266 e. The zero-order valence-electron chi connectivity index (χ0n) is 16.4. The first kappa shape index (κ1) is 22.9. The molecule has 0 aromatic heterocycles. The zero-order chi connectivity index (χ0) is 22.4. The van der Waals surface area contributed by atoms with Gasteiger partial charge in [0, 0.05) is 0 Å². The molecule has 1 heterocycles. The van der Waals surface area contributed by atoms with Crippen molar-refractivity contribution in [3.8, 4) is 0 Å². The van der Waals surface area contributed by atoms with Crippen LogP contribution in [0.3, 0.4) is 0 Å². The Balaban J connectivity index is 1.58. The topological polar surface area (TPSA) is 95.6 Å². The average Bonchev–Trinajstić information content (AvgIpc) is 3.01. The number of nitrogens with zero attached hydrogens (tertiary/aromatic N) is 1. The molecule has 0 saturated carbocycles. The number of rotatable bonds is 7. The second kappa shape index (κ2) is 10.0. The van der Waals surface area contributed by atoms with E-state index >= 15 is 0 Å². The summed E-state index contributed by atoms with van der Waals surface area (Å²) in [5.41, 5.74) is 4.00. The highest BCUT2D eigenvalue weighted by Gasteiger charge is 2.33. The van der Waals surface area contributed by atoms with Gasteiger partial charge in [0.15, 0.2) is 0 Å². The van der Waals surface area contributed by atoms with Gasteiger partial charge >= 0.3 is 0 Å². The van der Waals surface area contributed by atoms with Crippen LogP contribution in [0.1, 0.15) is 11.1 Å². The Labute approximate surface area is 190 Å². The summed E-state index contributed by atoms with van der Waals surface area (Å²) in [6.45, 7) is 1.43. The van der Waals surface area contributed by atoms with Gasteiger partial charge in [0.1, 0.15) is 10.9 Å². The molecule has 2 aromatic rings. The van der Waals surface area contributed by atoms with E-state index in [2.05, 4.69) is 5.43 Å². The van der Waals surface area contributed by atoms with Crippen molar-refractivity contribution in [3.63, 3.8) is 0 Å². The van der Waals surface area contributed by atoms with E-state index in [0.717, 1.165) is 27.8 Å². The molecule has 0 aliphatic carbocycles. The quantitative estimate of drug-likeness (QED) is 0.365. The predicted octanol–water partition coefficient (Wildman–Crippen LogP) is 2.76. The van der Waals surface area contributed by atoms with Crippen LogP contribution in [-0.4, -0.2) is 36.0 Å². The minimum Gasteiger partial charge on any atom is -0.283 e. The highest BCUT2D eigenvalue weighted by molar-refractivity contribution is 8.26. The molecular weight excluding hydrogens is 454 g/mol. The molecule has 2 amide bonds. The summed E-state index contributed by atoms with van der Waals surface area (Å²) in [4.78, 5) is 28.3. The number of carbonyl (C=O) groups is 2. The number of carbonyl (C=O) groups excluding carboxylic acids is 2. The minimum atomic E-state index is -3.93. The fraction of sp³-hybridized carbons (Fsp3) is 0.0952. The molecule has 1 aliphatic rings. The van der Waals surface area contributed by atoms with E-state index in [1.54, 1.807) is 24.3 Å². The van der Waals surface area contributed by atoms with Crippen LogP contribution < -0.4 is 10.3 Å². The molecule has 1 saturated heterocycles. The second-order valence-electron chi connectivity index (χ2n) is 6.53. The molecular formula is C21H19N3O4S3. The third-order valence-corrected chi connectivity index (χ3v) is 6.83. The maximum atomic E-state index is 12.5. The number of hydrogen-bond acceptors (Lipinski definition) is 6. The number of thioether (sulfide) groups is 1. The second-order valence-corrected chi connectivity index (χ2v) is 9.88. The lowest BCUT2D eigenvalue weighted by Gasteiger charge is -2.14. The van der Waals surface area contributed by atoms with E-state index in [-0.39, 0.29) is 9.22 Å². The maximum absolute atomic E-state index is 12.5. The van der Waals surface area contributed by atoms with E-state index in [0.29, 0.717) is 4.91 Å². The largest absolute Gasteiger partial charge is 0.283 e. The van der Waals surface area contributed by atoms with Gasteiger partial charge in [0.05, 0.1) is 9.80 Å². The number of thiocarbonyl (C=S) groups is 1. The van der Waals surface area contributed by atoms with Gasteiger partial charge in [-0.15, -0.1) is 4.83 Å². The molecule has 7 nitrogen and oxygen atoms in total. The lowest BCUT2D eigenvalue weighted by atomic mass is 10.2. The SMILES string of the molecule is Cc1ccc(S(=O)(=O)NNC(=O)CN2C(=O)/C(=C/C=C/c3ccccc3)SC2=S)cc1. The van der Waals surface area contributed by atoms with E-state index in [1.807, 2.05) is 48.2 Å². The Morgan fingerprint density at radius 2 is 1.81 bits per heavy atom. The third-order valence-electron chi connectivity index (χ3n) is 4.17. The Morgan fingerprint density at radius 3 is 2.48 bits per heavy atom.